The summed E-state index contributed by atoms with van der Waals surface area (Å²) >= 11 is 0. The van der Waals surface area contributed by atoms with Gasteiger partial charge in [-0.25, -0.2) is 18.3 Å². The zero-order valence-electron chi connectivity index (χ0n) is 11.6. The molecule has 0 unspecified atom stereocenters. The average Bonchev–Trinajstić information content (AvgIpc) is 2.99. The van der Waals surface area contributed by atoms with Crippen LogP contribution in [0.15, 0.2) is 36.4 Å². The van der Waals surface area contributed by atoms with Crippen LogP contribution in [0.3, 0.4) is 0 Å². The quantitative estimate of drug-likeness (QED) is 0.595. The van der Waals surface area contributed by atoms with Crippen molar-refractivity contribution in [3.8, 4) is 0 Å². The highest BCUT2D eigenvalue weighted by Crippen LogP contribution is 2.21. The van der Waals surface area contributed by atoms with Crippen molar-refractivity contribution in [1.82, 2.24) is 19.6 Å². The van der Waals surface area contributed by atoms with Gasteiger partial charge in [0, 0.05) is 6.07 Å². The van der Waals surface area contributed by atoms with Crippen LogP contribution in [0.25, 0.3) is 16.8 Å². The van der Waals surface area contributed by atoms with Crippen LogP contribution in [0.5, 0.6) is 0 Å². The molecule has 22 heavy (non-hydrogen) atoms. The summed E-state index contributed by atoms with van der Waals surface area (Å²) < 4.78 is 28.5. The Balaban J connectivity index is 1.78. The molecule has 4 aromatic rings. The van der Waals surface area contributed by atoms with E-state index in [2.05, 4.69) is 20.4 Å². The molecule has 0 fully saturated rings. The summed E-state index contributed by atoms with van der Waals surface area (Å²) in [7, 11) is 0. The Morgan fingerprint density at radius 3 is 2.82 bits per heavy atom. The molecule has 0 spiro atoms. The second-order valence-electron chi connectivity index (χ2n) is 5.06. The molecule has 2 N–H and O–H groups in total. The molecule has 4 rings (SSSR count). The fourth-order valence-corrected chi connectivity index (χ4v) is 2.37. The van der Waals surface area contributed by atoms with Crippen LogP contribution < -0.4 is 5.32 Å². The van der Waals surface area contributed by atoms with E-state index in [1.54, 1.807) is 4.52 Å². The van der Waals surface area contributed by atoms with Gasteiger partial charge in [-0.2, -0.15) is 4.98 Å². The summed E-state index contributed by atoms with van der Waals surface area (Å²) in [4.78, 5) is 8.63. The molecule has 0 aliphatic carbocycles. The van der Waals surface area contributed by atoms with Gasteiger partial charge in [-0.1, -0.05) is 6.07 Å². The second kappa shape index (κ2) is 4.52. The first-order chi connectivity index (χ1) is 10.6. The number of rotatable bonds is 2. The van der Waals surface area contributed by atoms with E-state index in [1.807, 2.05) is 25.1 Å². The Hall–Kier alpha value is -2.96. The summed E-state index contributed by atoms with van der Waals surface area (Å²) in [6.45, 7) is 1.99. The number of fused-ring (bicyclic) bond motifs is 3. The van der Waals surface area contributed by atoms with Crippen molar-refractivity contribution in [2.45, 2.75) is 6.92 Å². The maximum absolute atomic E-state index is 13.6. The van der Waals surface area contributed by atoms with Crippen molar-refractivity contribution >= 4 is 28.4 Å². The Morgan fingerprint density at radius 1 is 1.09 bits per heavy atom. The topological polar surface area (TPSA) is 58.0 Å². The largest absolute Gasteiger partial charge is 0.322 e. The van der Waals surface area contributed by atoms with Gasteiger partial charge in [0.1, 0.15) is 11.6 Å². The maximum Gasteiger partial charge on any atom is 0.253 e. The highest BCUT2D eigenvalue weighted by atomic mass is 19.1. The fraction of sp³-hybridized carbons (Fsp3) is 0.0667. The van der Waals surface area contributed by atoms with E-state index in [1.165, 1.54) is 0 Å². The lowest BCUT2D eigenvalue weighted by atomic mass is 10.2. The number of hydrogen-bond acceptors (Lipinski definition) is 3. The molecule has 0 radical (unpaired) electrons. The predicted octanol–water partition coefficient (Wildman–Crippen LogP) is 3.54. The summed E-state index contributed by atoms with van der Waals surface area (Å²) in [6, 6.07) is 9.04. The van der Waals surface area contributed by atoms with Crippen LogP contribution in [0.1, 0.15) is 5.56 Å². The van der Waals surface area contributed by atoms with Crippen LogP contribution in [0.2, 0.25) is 0 Å². The van der Waals surface area contributed by atoms with Crippen molar-refractivity contribution < 1.29 is 8.78 Å². The van der Waals surface area contributed by atoms with Crippen LogP contribution in [-0.2, 0) is 0 Å². The van der Waals surface area contributed by atoms with Crippen molar-refractivity contribution in [3.05, 3.63) is 53.6 Å². The standard InChI is InChI=1S/C15H11F2N5/c1-8-2-5-13-12(6-8)19-15-20-14(21-22(13)15)18-11-7-9(16)3-4-10(11)17/h2-7H,1H3,(H2,18,19,20,21). The number of imidazole rings is 1. The molecule has 2 aromatic heterocycles. The van der Waals surface area contributed by atoms with Crippen molar-refractivity contribution in [2.75, 3.05) is 5.32 Å². The summed E-state index contributed by atoms with van der Waals surface area (Å²) in [6.07, 6.45) is 0. The number of nitrogens with zero attached hydrogens (tertiary/aromatic N) is 3. The number of nitrogens with one attached hydrogen (secondary N) is 2. The third-order valence-electron chi connectivity index (χ3n) is 3.40. The van der Waals surface area contributed by atoms with E-state index in [-0.39, 0.29) is 11.6 Å². The molecule has 0 saturated carbocycles. The minimum Gasteiger partial charge on any atom is -0.322 e. The zero-order valence-corrected chi connectivity index (χ0v) is 11.6. The van der Waals surface area contributed by atoms with Crippen LogP contribution in [0.4, 0.5) is 20.4 Å². The number of hydrogen-bond donors (Lipinski definition) is 2. The van der Waals surface area contributed by atoms with Crippen LogP contribution in [0, 0.1) is 18.6 Å². The van der Waals surface area contributed by atoms with Gasteiger partial charge < -0.3 is 5.32 Å². The molecular formula is C15H11F2N5. The van der Waals surface area contributed by atoms with Crippen molar-refractivity contribution in [2.24, 2.45) is 0 Å². The number of aryl methyl sites for hydroxylation is 1. The predicted molar refractivity (Wildman–Crippen MR) is 79.2 cm³/mol. The van der Waals surface area contributed by atoms with Gasteiger partial charge in [-0.3, -0.25) is 5.10 Å². The Bertz CT molecular complexity index is 1000. The van der Waals surface area contributed by atoms with Gasteiger partial charge in [-0.05, 0) is 36.8 Å². The normalized spacial score (nSPS) is 11.4. The second-order valence-corrected chi connectivity index (χ2v) is 5.06. The van der Waals surface area contributed by atoms with Gasteiger partial charge in [-0.15, -0.1) is 0 Å². The van der Waals surface area contributed by atoms with Gasteiger partial charge in [0.25, 0.3) is 5.78 Å². The highest BCUT2D eigenvalue weighted by molar-refractivity contribution is 5.80. The van der Waals surface area contributed by atoms with Crippen LogP contribution >= 0.6 is 0 Å². The molecule has 110 valence electrons. The summed E-state index contributed by atoms with van der Waals surface area (Å²) in [5, 5.41) is 5.70. The lowest BCUT2D eigenvalue weighted by molar-refractivity contribution is 0.603. The molecular weight excluding hydrogens is 288 g/mol. The van der Waals surface area contributed by atoms with E-state index in [9.17, 15) is 8.78 Å². The molecule has 2 heterocycles. The number of benzene rings is 2. The van der Waals surface area contributed by atoms with Crippen molar-refractivity contribution in [3.63, 3.8) is 0 Å². The minimum absolute atomic E-state index is 0.0113. The first-order valence-corrected chi connectivity index (χ1v) is 6.67. The van der Waals surface area contributed by atoms with Gasteiger partial charge >= 0.3 is 0 Å². The lowest BCUT2D eigenvalue weighted by Gasteiger charge is -2.03. The van der Waals surface area contributed by atoms with E-state index in [4.69, 9.17) is 0 Å². The van der Waals surface area contributed by atoms with Gasteiger partial charge in [0.2, 0.25) is 5.95 Å². The highest BCUT2D eigenvalue weighted by Gasteiger charge is 2.11. The van der Waals surface area contributed by atoms with Crippen LogP contribution in [-0.4, -0.2) is 19.6 Å². The molecule has 7 heteroatoms. The zero-order chi connectivity index (χ0) is 15.3. The molecule has 0 aliphatic heterocycles. The van der Waals surface area contributed by atoms with E-state index >= 15 is 0 Å². The Labute approximate surface area is 123 Å². The maximum atomic E-state index is 13.6. The SMILES string of the molecule is Cc1ccc2c(c1)nc1nc(Nc3cc(F)ccc3F)[nH]n12. The number of halogens is 2. The number of aromatic nitrogens is 4. The monoisotopic (exact) mass is 299 g/mol. The summed E-state index contributed by atoms with van der Waals surface area (Å²) in [5.74, 6) is -0.341. The Kier molecular flexibility index (Phi) is 2.62. The third-order valence-corrected chi connectivity index (χ3v) is 3.40. The van der Waals surface area contributed by atoms with E-state index < -0.39 is 11.6 Å². The third kappa shape index (κ3) is 1.98. The molecule has 2 aromatic carbocycles. The smallest absolute Gasteiger partial charge is 0.253 e. The minimum atomic E-state index is -0.559. The number of H-pyrrole nitrogens is 1. The van der Waals surface area contributed by atoms with Gasteiger partial charge in [0.15, 0.2) is 0 Å². The summed E-state index contributed by atoms with van der Waals surface area (Å²) in [5.41, 5.74) is 2.80. The molecule has 0 amide bonds. The molecule has 0 bridgehead atoms. The lowest BCUT2D eigenvalue weighted by Crippen LogP contribution is -1.97. The first kappa shape index (κ1) is 12.8. The first-order valence-electron chi connectivity index (χ1n) is 6.67. The molecule has 0 aliphatic rings. The molecule has 0 saturated heterocycles. The molecule has 0 atom stereocenters. The molecule has 5 nitrogen and oxygen atoms in total. The number of aromatic amines is 1. The van der Waals surface area contributed by atoms with Gasteiger partial charge in [0.05, 0.1) is 16.7 Å². The van der Waals surface area contributed by atoms with E-state index in [0.717, 1.165) is 34.8 Å². The van der Waals surface area contributed by atoms with E-state index in [0.29, 0.717) is 5.78 Å². The van der Waals surface area contributed by atoms with Crippen molar-refractivity contribution in [1.29, 1.82) is 0 Å². The Morgan fingerprint density at radius 2 is 1.95 bits per heavy atom. The fourth-order valence-electron chi connectivity index (χ4n) is 2.37. The number of anilines is 2. The average molecular weight is 299 g/mol.